The highest BCUT2D eigenvalue weighted by molar-refractivity contribution is 6.34. The number of halogens is 1. The zero-order valence-corrected chi connectivity index (χ0v) is 13.3. The molecule has 3 amide bonds. The molecule has 1 heterocycles. The number of anilines is 2. The minimum absolute atomic E-state index is 0.110. The third-order valence-corrected chi connectivity index (χ3v) is 3.02. The minimum atomic E-state index is -0.618. The topological polar surface area (TPSA) is 106 Å². The maximum absolute atomic E-state index is 11.8. The number of ether oxygens (including phenoxy) is 2. The number of hydrogen-bond acceptors (Lipinski definition) is 5. The van der Waals surface area contributed by atoms with E-state index in [1.807, 2.05) is 0 Å². The Morgan fingerprint density at radius 1 is 1.43 bits per heavy atom. The fraction of sp³-hybridized carbons (Fsp3) is 0.357. The first-order valence-corrected chi connectivity index (χ1v) is 7.23. The van der Waals surface area contributed by atoms with Crippen molar-refractivity contribution in [1.82, 2.24) is 5.32 Å². The van der Waals surface area contributed by atoms with E-state index in [-0.39, 0.29) is 35.9 Å². The van der Waals surface area contributed by atoms with Gasteiger partial charge in [-0.05, 0) is 19.9 Å². The van der Waals surface area contributed by atoms with Crippen molar-refractivity contribution in [2.24, 2.45) is 0 Å². The third-order valence-electron chi connectivity index (χ3n) is 2.71. The van der Waals surface area contributed by atoms with Gasteiger partial charge in [0.25, 0.3) is 5.91 Å². The highest BCUT2D eigenvalue weighted by atomic mass is 35.5. The minimum Gasteiger partial charge on any atom is -0.482 e. The van der Waals surface area contributed by atoms with Crippen molar-refractivity contribution in [1.29, 1.82) is 0 Å². The van der Waals surface area contributed by atoms with Crippen LogP contribution in [0.2, 0.25) is 5.02 Å². The van der Waals surface area contributed by atoms with Crippen LogP contribution < -0.4 is 20.7 Å². The van der Waals surface area contributed by atoms with Crippen LogP contribution in [0.3, 0.4) is 0 Å². The van der Waals surface area contributed by atoms with Gasteiger partial charge in [0.1, 0.15) is 12.3 Å². The summed E-state index contributed by atoms with van der Waals surface area (Å²) < 4.78 is 10.1. The van der Waals surface area contributed by atoms with E-state index >= 15 is 0 Å². The summed E-state index contributed by atoms with van der Waals surface area (Å²) in [4.78, 5) is 34.3. The molecule has 2 rings (SSSR count). The number of amides is 3. The van der Waals surface area contributed by atoms with Gasteiger partial charge in [-0.15, -0.1) is 0 Å². The van der Waals surface area contributed by atoms with Gasteiger partial charge in [0, 0.05) is 6.07 Å². The predicted octanol–water partition coefficient (Wildman–Crippen LogP) is 1.74. The van der Waals surface area contributed by atoms with E-state index in [4.69, 9.17) is 21.1 Å². The molecule has 0 atom stereocenters. The summed E-state index contributed by atoms with van der Waals surface area (Å²) in [5, 5.41) is 7.67. The zero-order valence-electron chi connectivity index (χ0n) is 12.6. The van der Waals surface area contributed by atoms with Crippen LogP contribution in [0.25, 0.3) is 0 Å². The summed E-state index contributed by atoms with van der Waals surface area (Å²) >= 11 is 6.04. The lowest BCUT2D eigenvalue weighted by atomic mass is 10.2. The normalized spacial score (nSPS) is 12.8. The summed E-state index contributed by atoms with van der Waals surface area (Å²) in [6.45, 7) is 3.05. The van der Waals surface area contributed by atoms with Crippen molar-refractivity contribution >= 4 is 40.9 Å². The number of carbonyl (C=O) groups is 3. The molecule has 0 saturated carbocycles. The first-order valence-electron chi connectivity index (χ1n) is 6.85. The Bertz CT molecular complexity index is 648. The maximum Gasteiger partial charge on any atom is 0.325 e. The highest BCUT2D eigenvalue weighted by Crippen LogP contribution is 2.36. The molecule has 0 saturated heterocycles. The van der Waals surface area contributed by atoms with Crippen LogP contribution in [0.5, 0.6) is 5.75 Å². The molecule has 1 aliphatic rings. The molecule has 124 valence electrons. The number of urea groups is 1. The molecule has 9 heteroatoms. The fourth-order valence-electron chi connectivity index (χ4n) is 1.82. The number of hydrogen-bond donors (Lipinski definition) is 3. The van der Waals surface area contributed by atoms with Crippen LogP contribution in [0.1, 0.15) is 13.8 Å². The van der Waals surface area contributed by atoms with Crippen LogP contribution in [0.4, 0.5) is 16.2 Å². The van der Waals surface area contributed by atoms with E-state index in [0.29, 0.717) is 11.4 Å². The SMILES string of the molecule is CC(C)OC(=O)CNC(=O)Nc1cc2c(cc1Cl)NC(=O)CO2. The van der Waals surface area contributed by atoms with Crippen molar-refractivity contribution in [2.75, 3.05) is 23.8 Å². The molecule has 0 bridgehead atoms. The van der Waals surface area contributed by atoms with Crippen molar-refractivity contribution in [3.8, 4) is 5.75 Å². The molecule has 23 heavy (non-hydrogen) atoms. The fourth-order valence-corrected chi connectivity index (χ4v) is 2.03. The third kappa shape index (κ3) is 4.75. The zero-order chi connectivity index (χ0) is 17.0. The molecule has 1 aromatic carbocycles. The smallest absolute Gasteiger partial charge is 0.325 e. The van der Waals surface area contributed by atoms with E-state index in [0.717, 1.165) is 0 Å². The van der Waals surface area contributed by atoms with Crippen molar-refractivity contribution in [3.05, 3.63) is 17.2 Å². The lowest BCUT2D eigenvalue weighted by Gasteiger charge is -2.19. The van der Waals surface area contributed by atoms with Crippen molar-refractivity contribution < 1.29 is 23.9 Å². The Morgan fingerprint density at radius 2 is 2.17 bits per heavy atom. The summed E-state index contributed by atoms with van der Waals surface area (Å²) in [5.41, 5.74) is 0.717. The van der Waals surface area contributed by atoms with E-state index in [1.54, 1.807) is 13.8 Å². The molecular formula is C14H16ClN3O5. The lowest BCUT2D eigenvalue weighted by molar-refractivity contribution is -0.146. The van der Waals surface area contributed by atoms with Crippen LogP contribution in [-0.4, -0.2) is 37.2 Å². The quantitative estimate of drug-likeness (QED) is 0.723. The van der Waals surface area contributed by atoms with Crippen molar-refractivity contribution in [3.63, 3.8) is 0 Å². The average Bonchev–Trinajstić information content (AvgIpc) is 2.45. The lowest BCUT2D eigenvalue weighted by Crippen LogP contribution is -2.35. The predicted molar refractivity (Wildman–Crippen MR) is 83.8 cm³/mol. The summed E-state index contributed by atoms with van der Waals surface area (Å²) in [6, 6.07) is 2.34. The molecule has 8 nitrogen and oxygen atoms in total. The Balaban J connectivity index is 1.96. The number of esters is 1. The Kier molecular flexibility index (Phi) is 5.28. The van der Waals surface area contributed by atoms with Gasteiger partial charge >= 0.3 is 12.0 Å². The van der Waals surface area contributed by atoms with Gasteiger partial charge in [-0.3, -0.25) is 9.59 Å². The molecule has 1 aromatic rings. The second-order valence-electron chi connectivity index (χ2n) is 5.01. The standard InChI is InChI=1S/C14H16ClN3O5/c1-7(2)23-13(20)5-16-14(21)18-9-4-11-10(3-8(9)15)17-12(19)6-22-11/h3-4,7H,5-6H2,1-2H3,(H,17,19)(H2,16,18,21). The number of fused-ring (bicyclic) bond motifs is 1. The summed E-state index contributed by atoms with van der Waals surface area (Å²) in [7, 11) is 0. The highest BCUT2D eigenvalue weighted by Gasteiger charge is 2.19. The Morgan fingerprint density at radius 3 is 2.87 bits per heavy atom. The second-order valence-corrected chi connectivity index (χ2v) is 5.42. The van der Waals surface area contributed by atoms with Gasteiger partial charge in [-0.25, -0.2) is 4.79 Å². The summed E-state index contributed by atoms with van der Waals surface area (Å²) in [6.07, 6.45) is -0.255. The van der Waals surface area contributed by atoms with Crippen LogP contribution in [0, 0.1) is 0 Å². The molecule has 3 N–H and O–H groups in total. The molecule has 0 spiro atoms. The monoisotopic (exact) mass is 341 g/mol. The first kappa shape index (κ1) is 16.9. The molecule has 1 aliphatic heterocycles. The van der Waals surface area contributed by atoms with E-state index in [2.05, 4.69) is 16.0 Å². The maximum atomic E-state index is 11.8. The van der Waals surface area contributed by atoms with Gasteiger partial charge in [0.2, 0.25) is 0 Å². The van der Waals surface area contributed by atoms with Gasteiger partial charge in [0.15, 0.2) is 6.61 Å². The molecule has 0 unspecified atom stereocenters. The average molecular weight is 342 g/mol. The summed E-state index contributed by atoms with van der Waals surface area (Å²) in [5.74, 6) is -0.433. The largest absolute Gasteiger partial charge is 0.482 e. The molecule has 0 radical (unpaired) electrons. The van der Waals surface area contributed by atoms with Gasteiger partial charge in [0.05, 0.1) is 22.5 Å². The van der Waals surface area contributed by atoms with Gasteiger partial charge in [-0.2, -0.15) is 0 Å². The molecule has 0 aromatic heterocycles. The van der Waals surface area contributed by atoms with E-state index < -0.39 is 12.0 Å². The Labute approximate surface area is 137 Å². The number of benzene rings is 1. The molecular weight excluding hydrogens is 326 g/mol. The van der Waals surface area contributed by atoms with Crippen LogP contribution >= 0.6 is 11.6 Å². The van der Waals surface area contributed by atoms with Crippen molar-refractivity contribution in [2.45, 2.75) is 20.0 Å². The molecule has 0 fully saturated rings. The molecule has 0 aliphatic carbocycles. The van der Waals surface area contributed by atoms with E-state index in [9.17, 15) is 14.4 Å². The first-order chi connectivity index (χ1) is 10.8. The number of nitrogens with one attached hydrogen (secondary N) is 3. The van der Waals surface area contributed by atoms with Gasteiger partial charge < -0.3 is 25.4 Å². The number of carbonyl (C=O) groups excluding carboxylic acids is 3. The Hall–Kier alpha value is -2.48. The van der Waals surface area contributed by atoms with Crippen LogP contribution in [0.15, 0.2) is 12.1 Å². The van der Waals surface area contributed by atoms with E-state index in [1.165, 1.54) is 12.1 Å². The number of rotatable bonds is 4. The van der Waals surface area contributed by atoms with Crippen LogP contribution in [-0.2, 0) is 14.3 Å². The second kappa shape index (κ2) is 7.19. The van der Waals surface area contributed by atoms with Gasteiger partial charge in [-0.1, -0.05) is 11.6 Å².